The van der Waals surface area contributed by atoms with Crippen molar-refractivity contribution in [3.05, 3.63) is 35.0 Å². The van der Waals surface area contributed by atoms with Crippen molar-refractivity contribution >= 4 is 5.91 Å². The van der Waals surface area contributed by atoms with Crippen LogP contribution in [0.5, 0.6) is 0 Å². The molecule has 1 amide bonds. The molecule has 2 aliphatic rings. The lowest BCUT2D eigenvalue weighted by molar-refractivity contribution is -0.126. The number of pyridine rings is 1. The SMILES string of the molecule is CCCCC1CCC(C(=O)NCCn2nc(-c3cccnc3)n(C3CC3)c2=O)CC1. The van der Waals surface area contributed by atoms with Gasteiger partial charge in [0.2, 0.25) is 5.91 Å². The van der Waals surface area contributed by atoms with E-state index < -0.39 is 0 Å². The second-order valence-corrected chi connectivity index (χ2v) is 8.82. The molecule has 2 aromatic heterocycles. The molecule has 2 heterocycles. The Morgan fingerprint density at radius 2 is 2.00 bits per heavy atom. The van der Waals surface area contributed by atoms with Gasteiger partial charge in [-0.25, -0.2) is 9.48 Å². The maximum atomic E-state index is 12.9. The quantitative estimate of drug-likeness (QED) is 0.684. The molecule has 0 atom stereocenters. The first kappa shape index (κ1) is 20.8. The highest BCUT2D eigenvalue weighted by atomic mass is 16.2. The Morgan fingerprint density at radius 3 is 2.67 bits per heavy atom. The molecule has 4 rings (SSSR count). The fourth-order valence-corrected chi connectivity index (χ4v) is 4.56. The van der Waals surface area contributed by atoms with Crippen LogP contribution in [0.1, 0.15) is 70.8 Å². The van der Waals surface area contributed by atoms with Crippen LogP contribution in [0, 0.1) is 11.8 Å². The average Bonchev–Trinajstić information content (AvgIpc) is 3.57. The third-order valence-corrected chi connectivity index (χ3v) is 6.51. The summed E-state index contributed by atoms with van der Waals surface area (Å²) in [6.45, 7) is 3.06. The molecule has 0 spiro atoms. The van der Waals surface area contributed by atoms with Gasteiger partial charge in [-0.15, -0.1) is 5.10 Å². The van der Waals surface area contributed by atoms with Gasteiger partial charge in [-0.1, -0.05) is 26.2 Å². The molecule has 162 valence electrons. The number of carbonyl (C=O) groups excluding carboxylic acids is 1. The van der Waals surface area contributed by atoms with Crippen molar-refractivity contribution in [1.29, 1.82) is 0 Å². The molecule has 2 saturated carbocycles. The summed E-state index contributed by atoms with van der Waals surface area (Å²) < 4.78 is 3.28. The number of nitrogens with one attached hydrogen (secondary N) is 1. The molecule has 0 bridgehead atoms. The van der Waals surface area contributed by atoms with Gasteiger partial charge in [-0.3, -0.25) is 14.3 Å². The van der Waals surface area contributed by atoms with Crippen LogP contribution >= 0.6 is 0 Å². The van der Waals surface area contributed by atoms with E-state index in [1.165, 1.54) is 23.9 Å². The number of rotatable bonds is 9. The molecular formula is C23H33N5O2. The molecule has 0 saturated heterocycles. The Hall–Kier alpha value is -2.44. The molecule has 1 N–H and O–H groups in total. The lowest BCUT2D eigenvalue weighted by Gasteiger charge is -2.27. The molecule has 0 radical (unpaired) electrons. The molecule has 7 heteroatoms. The normalized spacial score (nSPS) is 21.5. The minimum Gasteiger partial charge on any atom is -0.354 e. The summed E-state index contributed by atoms with van der Waals surface area (Å²) in [4.78, 5) is 29.6. The van der Waals surface area contributed by atoms with E-state index in [9.17, 15) is 9.59 Å². The maximum absolute atomic E-state index is 12.9. The third kappa shape index (κ3) is 4.82. The van der Waals surface area contributed by atoms with Gasteiger partial charge in [-0.05, 0) is 56.6 Å². The van der Waals surface area contributed by atoms with E-state index in [1.807, 2.05) is 12.1 Å². The number of unbranched alkanes of at least 4 members (excludes halogenated alkanes) is 1. The number of carbonyl (C=O) groups is 1. The monoisotopic (exact) mass is 411 g/mol. The van der Waals surface area contributed by atoms with Crippen molar-refractivity contribution in [2.45, 2.75) is 77.3 Å². The minimum atomic E-state index is -0.0953. The Kier molecular flexibility index (Phi) is 6.65. The molecule has 7 nitrogen and oxygen atoms in total. The van der Waals surface area contributed by atoms with Gasteiger partial charge in [-0.2, -0.15) is 0 Å². The average molecular weight is 412 g/mol. The van der Waals surface area contributed by atoms with Crippen molar-refractivity contribution < 1.29 is 4.79 Å². The van der Waals surface area contributed by atoms with Gasteiger partial charge >= 0.3 is 5.69 Å². The summed E-state index contributed by atoms with van der Waals surface area (Å²) in [5, 5.41) is 7.60. The molecule has 0 aliphatic heterocycles. The zero-order valence-corrected chi connectivity index (χ0v) is 17.9. The van der Waals surface area contributed by atoms with Crippen LogP contribution in [-0.4, -0.2) is 31.8 Å². The topological polar surface area (TPSA) is 81.8 Å². The fourth-order valence-electron chi connectivity index (χ4n) is 4.56. The van der Waals surface area contributed by atoms with E-state index in [0.29, 0.717) is 18.9 Å². The van der Waals surface area contributed by atoms with Crippen LogP contribution in [-0.2, 0) is 11.3 Å². The Labute approximate surface area is 177 Å². The maximum Gasteiger partial charge on any atom is 0.346 e. The lowest BCUT2D eigenvalue weighted by Crippen LogP contribution is -2.36. The van der Waals surface area contributed by atoms with Gasteiger partial charge < -0.3 is 5.32 Å². The molecule has 0 aromatic carbocycles. The van der Waals surface area contributed by atoms with Crippen LogP contribution in [0.3, 0.4) is 0 Å². The Bertz CT molecular complexity index is 892. The Balaban J connectivity index is 1.32. The summed E-state index contributed by atoms with van der Waals surface area (Å²) in [5.74, 6) is 1.72. The van der Waals surface area contributed by atoms with Crippen molar-refractivity contribution in [3.63, 3.8) is 0 Å². The van der Waals surface area contributed by atoms with E-state index in [-0.39, 0.29) is 23.6 Å². The zero-order valence-electron chi connectivity index (χ0n) is 17.9. The summed E-state index contributed by atoms with van der Waals surface area (Å²) in [6, 6.07) is 4.02. The van der Waals surface area contributed by atoms with E-state index in [4.69, 9.17) is 0 Å². The first-order valence-corrected chi connectivity index (χ1v) is 11.5. The first-order valence-electron chi connectivity index (χ1n) is 11.5. The second-order valence-electron chi connectivity index (χ2n) is 8.82. The van der Waals surface area contributed by atoms with Gasteiger partial charge in [0, 0.05) is 36.5 Å². The van der Waals surface area contributed by atoms with E-state index >= 15 is 0 Å². The van der Waals surface area contributed by atoms with E-state index in [0.717, 1.165) is 50.0 Å². The van der Waals surface area contributed by atoms with Crippen LogP contribution in [0.15, 0.2) is 29.3 Å². The van der Waals surface area contributed by atoms with E-state index in [2.05, 4.69) is 22.3 Å². The summed E-state index contributed by atoms with van der Waals surface area (Å²) in [7, 11) is 0. The zero-order chi connectivity index (χ0) is 20.9. The molecule has 2 fully saturated rings. The molecule has 30 heavy (non-hydrogen) atoms. The number of hydrogen-bond acceptors (Lipinski definition) is 4. The number of amides is 1. The standard InChI is InChI=1S/C23H33N5O2/c1-2-3-5-17-7-9-18(10-8-17)22(29)25-14-15-27-23(30)28(20-11-12-20)21(26-27)19-6-4-13-24-16-19/h4,6,13,16-18,20H,2-3,5,7-12,14-15H2,1H3,(H,25,29). The lowest BCUT2D eigenvalue weighted by atomic mass is 9.79. The Morgan fingerprint density at radius 1 is 1.20 bits per heavy atom. The smallest absolute Gasteiger partial charge is 0.346 e. The molecule has 0 unspecified atom stereocenters. The van der Waals surface area contributed by atoms with Crippen LogP contribution in [0.4, 0.5) is 0 Å². The first-order chi connectivity index (χ1) is 14.7. The molecular weight excluding hydrogens is 378 g/mol. The second kappa shape index (κ2) is 9.58. The predicted molar refractivity (Wildman–Crippen MR) is 116 cm³/mol. The highest BCUT2D eigenvalue weighted by Crippen LogP contribution is 2.36. The molecule has 2 aromatic rings. The van der Waals surface area contributed by atoms with Gasteiger partial charge in [0.05, 0.1) is 6.54 Å². The highest BCUT2D eigenvalue weighted by Gasteiger charge is 2.30. The highest BCUT2D eigenvalue weighted by molar-refractivity contribution is 5.78. The van der Waals surface area contributed by atoms with Crippen LogP contribution < -0.4 is 11.0 Å². The number of hydrogen-bond donors (Lipinski definition) is 1. The van der Waals surface area contributed by atoms with Crippen molar-refractivity contribution in [2.75, 3.05) is 6.54 Å². The molecule has 2 aliphatic carbocycles. The van der Waals surface area contributed by atoms with Crippen molar-refractivity contribution in [2.24, 2.45) is 11.8 Å². The van der Waals surface area contributed by atoms with E-state index in [1.54, 1.807) is 17.0 Å². The van der Waals surface area contributed by atoms with Gasteiger partial charge in [0.25, 0.3) is 0 Å². The van der Waals surface area contributed by atoms with Crippen molar-refractivity contribution in [1.82, 2.24) is 24.6 Å². The van der Waals surface area contributed by atoms with Gasteiger partial charge in [0.15, 0.2) is 5.82 Å². The number of aromatic nitrogens is 4. The van der Waals surface area contributed by atoms with Gasteiger partial charge in [0.1, 0.15) is 0 Å². The largest absolute Gasteiger partial charge is 0.354 e. The summed E-state index contributed by atoms with van der Waals surface area (Å²) >= 11 is 0. The van der Waals surface area contributed by atoms with Crippen LogP contribution in [0.25, 0.3) is 11.4 Å². The number of nitrogens with zero attached hydrogens (tertiary/aromatic N) is 4. The summed E-state index contributed by atoms with van der Waals surface area (Å²) in [5.41, 5.74) is 0.756. The minimum absolute atomic E-state index is 0.0953. The third-order valence-electron chi connectivity index (χ3n) is 6.51. The fraction of sp³-hybridized carbons (Fsp3) is 0.652. The van der Waals surface area contributed by atoms with Crippen molar-refractivity contribution in [3.8, 4) is 11.4 Å². The summed E-state index contributed by atoms with van der Waals surface area (Å²) in [6.07, 6.45) is 13.6. The predicted octanol–water partition coefficient (Wildman–Crippen LogP) is 3.55. The van der Waals surface area contributed by atoms with Crippen LogP contribution in [0.2, 0.25) is 0 Å².